The molecule has 4 aromatic rings. The van der Waals surface area contributed by atoms with Crippen LogP contribution in [0.2, 0.25) is 0 Å². The Hall–Kier alpha value is -3.45. The quantitative estimate of drug-likeness (QED) is 0.155. The third kappa shape index (κ3) is 5.36. The minimum Gasteiger partial charge on any atom is -0.438 e. The van der Waals surface area contributed by atoms with Crippen LogP contribution in [-0.2, 0) is 6.42 Å². The Morgan fingerprint density at radius 1 is 1.08 bits per heavy atom. The lowest BCUT2D eigenvalue weighted by atomic mass is 9.96. The van der Waals surface area contributed by atoms with Crippen molar-refractivity contribution in [3.8, 4) is 11.6 Å². The van der Waals surface area contributed by atoms with E-state index in [2.05, 4.69) is 21.8 Å². The Morgan fingerprint density at radius 2 is 1.86 bits per heavy atom. The molecule has 0 N–H and O–H groups in total. The topological polar surface area (TPSA) is 55.3 Å². The van der Waals surface area contributed by atoms with Crippen LogP contribution in [0.15, 0.2) is 72.0 Å². The highest BCUT2D eigenvalue weighted by molar-refractivity contribution is 7.98. The number of halogens is 1. The number of rotatable bonds is 7. The number of ether oxygens (including phenoxy) is 1. The Bertz CT molecular complexity index is 1400. The average Bonchev–Trinajstić information content (AvgIpc) is 2.90. The first-order valence-electron chi connectivity index (χ1n) is 12.1. The molecular weight excluding hydrogens is 473 g/mol. The van der Waals surface area contributed by atoms with E-state index in [0.29, 0.717) is 28.3 Å². The lowest BCUT2D eigenvalue weighted by Gasteiger charge is -2.32. The van der Waals surface area contributed by atoms with Gasteiger partial charge in [0, 0.05) is 48.4 Å². The summed E-state index contributed by atoms with van der Waals surface area (Å²) in [6.45, 7) is 4.01. The normalized spacial score (nSPS) is 14.2. The van der Waals surface area contributed by atoms with Crippen molar-refractivity contribution in [3.05, 3.63) is 83.8 Å². The molecule has 0 spiro atoms. The summed E-state index contributed by atoms with van der Waals surface area (Å²) >= 11 is 1.45. The molecule has 0 radical (unpaired) electrons. The highest BCUT2D eigenvalue weighted by atomic mass is 32.2. The maximum atomic E-state index is 14.5. The second-order valence-corrected chi connectivity index (χ2v) is 9.99. The van der Waals surface area contributed by atoms with Gasteiger partial charge in [-0.05, 0) is 60.2 Å². The van der Waals surface area contributed by atoms with Crippen molar-refractivity contribution >= 4 is 34.0 Å². The number of benzene rings is 3. The molecule has 5 rings (SSSR count). The average molecular weight is 502 g/mol. The van der Waals surface area contributed by atoms with Crippen molar-refractivity contribution in [2.75, 3.05) is 24.2 Å². The van der Waals surface area contributed by atoms with Crippen LogP contribution in [0.3, 0.4) is 0 Å². The number of ketones is 1. The molecule has 0 aliphatic carbocycles. The van der Waals surface area contributed by atoms with Crippen molar-refractivity contribution in [3.63, 3.8) is 0 Å². The van der Waals surface area contributed by atoms with Crippen LogP contribution in [-0.4, -0.2) is 35.1 Å². The van der Waals surface area contributed by atoms with Crippen LogP contribution in [0.1, 0.15) is 35.7 Å². The fraction of sp³-hybridized carbons (Fsp3) is 0.276. The zero-order chi connectivity index (χ0) is 25.1. The minimum atomic E-state index is -0.377. The monoisotopic (exact) mass is 501 g/mol. The number of carbonyl (C=O) groups is 1. The van der Waals surface area contributed by atoms with E-state index in [-0.39, 0.29) is 18.0 Å². The van der Waals surface area contributed by atoms with Crippen molar-refractivity contribution < 1.29 is 13.9 Å². The summed E-state index contributed by atoms with van der Waals surface area (Å²) < 4.78 is 20.6. The number of nitrogens with zero attached hydrogens (tertiary/aromatic N) is 3. The summed E-state index contributed by atoms with van der Waals surface area (Å²) in [7, 11) is 0. The fourth-order valence-corrected chi connectivity index (χ4v) is 4.98. The van der Waals surface area contributed by atoms with Crippen LogP contribution in [0, 0.1) is 11.7 Å². The summed E-state index contributed by atoms with van der Waals surface area (Å²) in [5, 5.41) is 2.44. The summed E-state index contributed by atoms with van der Waals surface area (Å²) in [5.74, 6) is 1.30. The first-order valence-corrected chi connectivity index (χ1v) is 13.4. The molecule has 0 atom stereocenters. The molecule has 1 aliphatic rings. The van der Waals surface area contributed by atoms with Crippen LogP contribution >= 0.6 is 11.8 Å². The second kappa shape index (κ2) is 10.7. The fourth-order valence-electron chi connectivity index (χ4n) is 4.63. The lowest BCUT2D eigenvalue weighted by Crippen LogP contribution is -2.32. The van der Waals surface area contributed by atoms with Crippen molar-refractivity contribution in [1.29, 1.82) is 0 Å². The van der Waals surface area contributed by atoms with Gasteiger partial charge in [0.1, 0.15) is 11.6 Å². The molecule has 5 nitrogen and oxygen atoms in total. The van der Waals surface area contributed by atoms with Crippen LogP contribution in [0.25, 0.3) is 10.8 Å². The highest BCUT2D eigenvalue weighted by Crippen LogP contribution is 2.33. The smallest absolute Gasteiger partial charge is 0.223 e. The molecule has 0 amide bonds. The molecule has 0 bridgehead atoms. The summed E-state index contributed by atoms with van der Waals surface area (Å²) in [4.78, 5) is 24.1. The highest BCUT2D eigenvalue weighted by Gasteiger charge is 2.19. The summed E-state index contributed by atoms with van der Waals surface area (Å²) in [6, 6.07) is 18.0. The number of fused-ring (bicyclic) bond motifs is 1. The first-order chi connectivity index (χ1) is 17.5. The molecule has 0 unspecified atom stereocenters. The number of piperidine rings is 1. The number of Topliss-reactive ketones (excluding diaryl/α,β-unsaturated/α-hetero) is 1. The van der Waals surface area contributed by atoms with Crippen LogP contribution in [0.4, 0.5) is 10.1 Å². The van der Waals surface area contributed by atoms with E-state index in [1.165, 1.54) is 23.9 Å². The number of aromatic nitrogens is 2. The van der Waals surface area contributed by atoms with Crippen molar-refractivity contribution in [2.45, 2.75) is 31.3 Å². The number of anilines is 1. The van der Waals surface area contributed by atoms with Crippen LogP contribution in [0.5, 0.6) is 11.6 Å². The predicted octanol–water partition coefficient (Wildman–Crippen LogP) is 6.94. The largest absolute Gasteiger partial charge is 0.438 e. The lowest BCUT2D eigenvalue weighted by molar-refractivity contribution is 0.0993. The van der Waals surface area contributed by atoms with Gasteiger partial charge < -0.3 is 9.64 Å². The Morgan fingerprint density at radius 3 is 2.64 bits per heavy atom. The molecular formula is C29H28FN3O2S. The van der Waals surface area contributed by atoms with Gasteiger partial charge in [-0.25, -0.2) is 9.37 Å². The third-order valence-corrected chi connectivity index (χ3v) is 7.25. The van der Waals surface area contributed by atoms with Gasteiger partial charge in [-0.1, -0.05) is 49.0 Å². The van der Waals surface area contributed by atoms with E-state index < -0.39 is 0 Å². The Balaban J connectivity index is 1.41. The molecule has 36 heavy (non-hydrogen) atoms. The molecule has 1 aromatic heterocycles. The van der Waals surface area contributed by atoms with Gasteiger partial charge >= 0.3 is 0 Å². The predicted molar refractivity (Wildman–Crippen MR) is 143 cm³/mol. The third-order valence-electron chi connectivity index (χ3n) is 6.68. The molecule has 1 fully saturated rings. The van der Waals surface area contributed by atoms with Crippen LogP contribution < -0.4 is 9.64 Å². The van der Waals surface area contributed by atoms with E-state index >= 15 is 0 Å². The van der Waals surface area contributed by atoms with Crippen molar-refractivity contribution in [2.24, 2.45) is 5.92 Å². The summed E-state index contributed by atoms with van der Waals surface area (Å²) in [5.41, 5.74) is 2.06. The van der Waals surface area contributed by atoms with Gasteiger partial charge in [0.15, 0.2) is 10.9 Å². The minimum absolute atomic E-state index is 0.111. The SMILES string of the molecule is CSc1nccc(Oc2ccc(CC(=O)c3cc(F)cc(N4CCC(C)CC4)c3)c3ccccc23)n1. The van der Waals surface area contributed by atoms with E-state index in [0.717, 1.165) is 48.0 Å². The second-order valence-electron chi connectivity index (χ2n) is 9.22. The van der Waals surface area contributed by atoms with Crippen molar-refractivity contribution in [1.82, 2.24) is 9.97 Å². The molecule has 2 heterocycles. The number of carbonyl (C=O) groups excluding carboxylic acids is 1. The maximum absolute atomic E-state index is 14.5. The molecule has 1 aliphatic heterocycles. The number of hydrogen-bond donors (Lipinski definition) is 0. The molecule has 3 aromatic carbocycles. The Labute approximate surface area is 214 Å². The standard InChI is InChI=1S/C29H28FN3O2S/c1-19-10-13-33(14-11-19)23-16-21(15-22(30)18-23)26(34)17-20-7-8-27(25-6-4-3-5-24(20)25)35-28-9-12-31-29(32-28)36-2/h3-9,12,15-16,18-19H,10-11,13-14,17H2,1-2H3. The van der Waals surface area contributed by atoms with E-state index in [1.807, 2.05) is 48.7 Å². The van der Waals surface area contributed by atoms with E-state index in [1.54, 1.807) is 12.3 Å². The van der Waals surface area contributed by atoms with Gasteiger partial charge in [-0.15, -0.1) is 0 Å². The van der Waals surface area contributed by atoms with Gasteiger partial charge in [-0.3, -0.25) is 4.79 Å². The molecule has 0 saturated carbocycles. The van der Waals surface area contributed by atoms with Gasteiger partial charge in [0.05, 0.1) is 0 Å². The zero-order valence-corrected chi connectivity index (χ0v) is 21.2. The number of thioether (sulfide) groups is 1. The van der Waals surface area contributed by atoms with E-state index in [9.17, 15) is 9.18 Å². The van der Waals surface area contributed by atoms with Gasteiger partial charge in [-0.2, -0.15) is 4.98 Å². The first kappa shape index (κ1) is 24.3. The molecule has 184 valence electrons. The Kier molecular flexibility index (Phi) is 7.18. The van der Waals surface area contributed by atoms with Gasteiger partial charge in [0.2, 0.25) is 5.88 Å². The summed E-state index contributed by atoms with van der Waals surface area (Å²) in [6.07, 6.45) is 5.91. The zero-order valence-electron chi connectivity index (χ0n) is 20.4. The molecule has 7 heteroatoms. The molecule has 1 saturated heterocycles. The van der Waals surface area contributed by atoms with E-state index in [4.69, 9.17) is 4.74 Å². The maximum Gasteiger partial charge on any atom is 0.223 e. The number of hydrogen-bond acceptors (Lipinski definition) is 6. The van der Waals surface area contributed by atoms with Gasteiger partial charge in [0.25, 0.3) is 0 Å².